The fourth-order valence-electron chi connectivity index (χ4n) is 11.4. The lowest BCUT2D eigenvalue weighted by molar-refractivity contribution is -0.161. The quantitative estimate of drug-likeness (QED) is 0.0169. The molecule has 572 valence electrons. The molecule has 19 heteroatoms. The van der Waals surface area contributed by atoms with Crippen molar-refractivity contribution in [3.8, 4) is 0 Å². The molecule has 3 unspecified atom stereocenters. The summed E-state index contributed by atoms with van der Waals surface area (Å²) in [6, 6.07) is 0. The van der Waals surface area contributed by atoms with Crippen LogP contribution in [0.15, 0.2) is 24.3 Å². The number of carbonyl (C=O) groups is 4. The predicted octanol–water partition coefficient (Wildman–Crippen LogP) is 22.7. The molecule has 0 bridgehead atoms. The maximum absolute atomic E-state index is 13.1. The van der Waals surface area contributed by atoms with E-state index >= 15 is 0 Å². The molecule has 0 aromatic rings. The Morgan fingerprint density at radius 2 is 0.608 bits per heavy atom. The Kier molecular flexibility index (Phi) is 67.5. The molecule has 0 aliphatic carbocycles. The molecule has 17 nitrogen and oxygen atoms in total. The van der Waals surface area contributed by atoms with E-state index in [-0.39, 0.29) is 25.7 Å². The van der Waals surface area contributed by atoms with Crippen LogP contribution in [0.3, 0.4) is 0 Å². The van der Waals surface area contributed by atoms with Gasteiger partial charge in [0.2, 0.25) is 0 Å². The van der Waals surface area contributed by atoms with Gasteiger partial charge in [0.1, 0.15) is 19.3 Å². The lowest BCUT2D eigenvalue weighted by Gasteiger charge is -2.21. The summed E-state index contributed by atoms with van der Waals surface area (Å²) in [6.45, 7) is 9.55. The molecule has 0 amide bonds. The first-order valence-electron chi connectivity index (χ1n) is 39.8. The third kappa shape index (κ3) is 70.4. The maximum atomic E-state index is 13.1. The monoisotopic (exact) mass is 1420 g/mol. The van der Waals surface area contributed by atoms with Gasteiger partial charge < -0.3 is 33.8 Å². The average molecular weight is 1420 g/mol. The fraction of sp³-hybridized carbons (Fsp3) is 0.897. The number of hydrogen-bond donors (Lipinski definition) is 3. The van der Waals surface area contributed by atoms with Crippen molar-refractivity contribution in [2.75, 3.05) is 39.6 Å². The number of phosphoric acid groups is 2. The standard InChI is InChI=1S/C78H148O17P2/c1-7-10-12-14-16-18-20-22-24-26-28-30-37-44-50-56-62-77(82)94-73(66-88-75(80)60-54-48-42-36-29-27-25-23-21-19-17-15-13-11-8-2)68-92-96(84,85)90-64-72(79)65-91-97(86,87)93-69-74(67-89-76(81)61-55-49-43-39-33-34-40-46-52-58-70(4)5)95-78(83)63-57-51-45-38-32-31-35-41-47-53-59-71(6)9-3/h19,21,23,25,70-74,79H,7-18,20,22,24,26-69H2,1-6H3,(H,84,85)(H,86,87)/b21-19-,25-23-/t71?,72-,73-,74-/m1/s1. The second-order valence-electron chi connectivity index (χ2n) is 28.1. The highest BCUT2D eigenvalue weighted by atomic mass is 31.2. The number of unbranched alkanes of at least 4 members (excludes halogenated alkanes) is 41. The number of esters is 4. The van der Waals surface area contributed by atoms with Crippen molar-refractivity contribution in [1.82, 2.24) is 0 Å². The zero-order chi connectivity index (χ0) is 71.4. The van der Waals surface area contributed by atoms with Crippen LogP contribution >= 0.6 is 15.6 Å². The Morgan fingerprint density at radius 3 is 0.928 bits per heavy atom. The second-order valence-corrected chi connectivity index (χ2v) is 31.0. The van der Waals surface area contributed by atoms with Crippen LogP contribution in [-0.2, 0) is 65.4 Å². The van der Waals surface area contributed by atoms with Crippen molar-refractivity contribution in [3.05, 3.63) is 24.3 Å². The number of allylic oxidation sites excluding steroid dienone is 4. The molecule has 0 saturated heterocycles. The number of carbonyl (C=O) groups excluding carboxylic acids is 4. The Morgan fingerprint density at radius 1 is 0.340 bits per heavy atom. The summed E-state index contributed by atoms with van der Waals surface area (Å²) in [5.41, 5.74) is 0. The van der Waals surface area contributed by atoms with E-state index in [1.165, 1.54) is 180 Å². The minimum atomic E-state index is -4.97. The summed E-state index contributed by atoms with van der Waals surface area (Å²) in [5.74, 6) is -0.599. The lowest BCUT2D eigenvalue weighted by Crippen LogP contribution is -2.30. The first kappa shape index (κ1) is 94.5. The normalized spacial score (nSPS) is 14.4. The average Bonchev–Trinajstić information content (AvgIpc) is 1.14. The maximum Gasteiger partial charge on any atom is 0.472 e. The van der Waals surface area contributed by atoms with Crippen LogP contribution in [0, 0.1) is 11.8 Å². The van der Waals surface area contributed by atoms with Crippen LogP contribution in [0.4, 0.5) is 0 Å². The van der Waals surface area contributed by atoms with Gasteiger partial charge in [-0.1, -0.05) is 329 Å². The van der Waals surface area contributed by atoms with Gasteiger partial charge in [-0.25, -0.2) is 9.13 Å². The van der Waals surface area contributed by atoms with E-state index in [1.54, 1.807) is 0 Å². The highest BCUT2D eigenvalue weighted by Crippen LogP contribution is 2.45. The summed E-state index contributed by atoms with van der Waals surface area (Å²) >= 11 is 0. The van der Waals surface area contributed by atoms with Crippen LogP contribution in [-0.4, -0.2) is 96.7 Å². The van der Waals surface area contributed by atoms with Crippen molar-refractivity contribution in [2.45, 2.75) is 400 Å². The van der Waals surface area contributed by atoms with Crippen molar-refractivity contribution in [2.24, 2.45) is 11.8 Å². The first-order valence-corrected chi connectivity index (χ1v) is 42.8. The van der Waals surface area contributed by atoms with Gasteiger partial charge in [-0.05, 0) is 63.2 Å². The van der Waals surface area contributed by atoms with E-state index in [0.717, 1.165) is 121 Å². The molecule has 0 saturated carbocycles. The molecule has 6 atom stereocenters. The molecule has 0 aliphatic heterocycles. The number of ether oxygens (including phenoxy) is 4. The molecule has 3 N–H and O–H groups in total. The summed E-state index contributed by atoms with van der Waals surface area (Å²) in [7, 11) is -9.93. The lowest BCUT2D eigenvalue weighted by atomic mass is 9.99. The Labute approximate surface area is 592 Å². The number of hydrogen-bond acceptors (Lipinski definition) is 15. The van der Waals surface area contributed by atoms with Crippen molar-refractivity contribution in [3.63, 3.8) is 0 Å². The van der Waals surface area contributed by atoms with Crippen molar-refractivity contribution in [1.29, 1.82) is 0 Å². The summed E-state index contributed by atoms with van der Waals surface area (Å²) in [4.78, 5) is 72.9. The van der Waals surface area contributed by atoms with Gasteiger partial charge in [0.05, 0.1) is 26.4 Å². The molecule has 0 fully saturated rings. The molecule has 0 spiro atoms. The minimum Gasteiger partial charge on any atom is -0.462 e. The highest BCUT2D eigenvalue weighted by Gasteiger charge is 2.30. The third-order valence-electron chi connectivity index (χ3n) is 17.9. The van der Waals surface area contributed by atoms with Gasteiger partial charge >= 0.3 is 39.5 Å². The Hall–Kier alpha value is -2.46. The van der Waals surface area contributed by atoms with Gasteiger partial charge in [0.15, 0.2) is 12.2 Å². The third-order valence-corrected chi connectivity index (χ3v) is 19.8. The molecule has 0 radical (unpaired) electrons. The molecular formula is C78H148O17P2. The van der Waals surface area contributed by atoms with Crippen LogP contribution in [0.1, 0.15) is 382 Å². The number of phosphoric ester groups is 2. The molecule has 0 heterocycles. The van der Waals surface area contributed by atoms with E-state index < -0.39 is 97.5 Å². The van der Waals surface area contributed by atoms with Gasteiger partial charge in [-0.2, -0.15) is 0 Å². The smallest absolute Gasteiger partial charge is 0.462 e. The second kappa shape index (κ2) is 69.3. The van der Waals surface area contributed by atoms with Gasteiger partial charge in [-0.15, -0.1) is 0 Å². The topological polar surface area (TPSA) is 237 Å². The summed E-state index contributed by atoms with van der Waals surface area (Å²) in [5, 5.41) is 10.6. The predicted molar refractivity (Wildman–Crippen MR) is 395 cm³/mol. The summed E-state index contributed by atoms with van der Waals surface area (Å²) < 4.78 is 68.6. The van der Waals surface area contributed by atoms with Crippen LogP contribution in [0.2, 0.25) is 0 Å². The number of rotatable bonds is 75. The van der Waals surface area contributed by atoms with Crippen LogP contribution in [0.5, 0.6) is 0 Å². The zero-order valence-electron chi connectivity index (χ0n) is 62.9. The van der Waals surface area contributed by atoms with E-state index in [0.29, 0.717) is 25.7 Å². The summed E-state index contributed by atoms with van der Waals surface area (Å²) in [6.07, 6.45) is 60.3. The molecule has 0 aliphatic rings. The van der Waals surface area contributed by atoms with Crippen molar-refractivity contribution >= 4 is 39.5 Å². The van der Waals surface area contributed by atoms with E-state index in [9.17, 15) is 43.2 Å². The van der Waals surface area contributed by atoms with Gasteiger partial charge in [0.25, 0.3) is 0 Å². The van der Waals surface area contributed by atoms with Gasteiger partial charge in [0, 0.05) is 25.7 Å². The van der Waals surface area contributed by atoms with Crippen molar-refractivity contribution < 1.29 is 80.2 Å². The number of aliphatic hydroxyl groups excluding tert-OH is 1. The molecule has 0 aromatic heterocycles. The Balaban J connectivity index is 5.31. The van der Waals surface area contributed by atoms with Gasteiger partial charge in [-0.3, -0.25) is 37.3 Å². The molecule has 0 rings (SSSR count). The Bertz CT molecular complexity index is 1970. The molecule has 97 heavy (non-hydrogen) atoms. The highest BCUT2D eigenvalue weighted by molar-refractivity contribution is 7.47. The molecular weight excluding hydrogens is 1270 g/mol. The van der Waals surface area contributed by atoms with E-state index in [1.807, 2.05) is 0 Å². The SMILES string of the molecule is CCCCCC/C=C\C=C/CCCCCCCC(=O)OC[C@H](COP(=O)(O)OC[C@@H](O)COP(=O)(O)OC[C@@H](COC(=O)CCCCCCCCCCCC(C)C)OC(=O)CCCCCCCCCCCCC(C)CC)OC(=O)CCCCCCCCCCCCCCCCCC. The minimum absolute atomic E-state index is 0.101. The van der Waals surface area contributed by atoms with E-state index in [2.05, 4.69) is 65.8 Å². The largest absolute Gasteiger partial charge is 0.472 e. The molecule has 0 aromatic carbocycles. The van der Waals surface area contributed by atoms with Crippen LogP contribution < -0.4 is 0 Å². The fourth-order valence-corrected chi connectivity index (χ4v) is 13.0. The van der Waals surface area contributed by atoms with E-state index in [4.69, 9.17) is 37.0 Å². The first-order chi connectivity index (χ1) is 46.9. The number of aliphatic hydroxyl groups is 1. The zero-order valence-corrected chi connectivity index (χ0v) is 64.7. The van der Waals surface area contributed by atoms with Crippen LogP contribution in [0.25, 0.3) is 0 Å².